The minimum absolute atomic E-state index is 0.000406. The van der Waals surface area contributed by atoms with E-state index in [0.29, 0.717) is 56.4 Å². The highest BCUT2D eigenvalue weighted by atomic mass is 35.5. The summed E-state index contributed by atoms with van der Waals surface area (Å²) < 4.78 is 17.1. The molecule has 0 saturated carbocycles. The summed E-state index contributed by atoms with van der Waals surface area (Å²) in [6, 6.07) is 8.03. The molecule has 170 valence electrons. The molecule has 3 aromatic rings. The number of rotatable bonds is 9. The summed E-state index contributed by atoms with van der Waals surface area (Å²) in [6.07, 6.45) is 0. The number of thioether (sulfide) groups is 1. The predicted octanol–water partition coefficient (Wildman–Crippen LogP) is 4.10. The molecule has 1 amide bonds. The monoisotopic (exact) mass is 497 g/mol. The number of carbonyl (C=O) groups excluding carboxylic acids is 1. The van der Waals surface area contributed by atoms with Gasteiger partial charge in [0.05, 0.1) is 54.7 Å². The van der Waals surface area contributed by atoms with Gasteiger partial charge in [0.15, 0.2) is 5.16 Å². The lowest BCUT2D eigenvalue weighted by Gasteiger charge is -2.14. The number of benzene rings is 2. The second-order valence-electron chi connectivity index (χ2n) is 6.53. The van der Waals surface area contributed by atoms with Gasteiger partial charge in [0.1, 0.15) is 11.5 Å². The van der Waals surface area contributed by atoms with E-state index in [2.05, 4.69) is 10.3 Å². The van der Waals surface area contributed by atoms with Crippen molar-refractivity contribution in [2.75, 3.05) is 39.0 Å². The van der Waals surface area contributed by atoms with Crippen molar-refractivity contribution >= 4 is 57.5 Å². The molecule has 11 heteroatoms. The minimum Gasteiger partial charge on any atom is -0.495 e. The number of aromatic nitrogens is 2. The quantitative estimate of drug-likeness (QED) is 0.351. The Balaban J connectivity index is 1.85. The lowest BCUT2D eigenvalue weighted by atomic mass is 10.2. The summed E-state index contributed by atoms with van der Waals surface area (Å²) in [5.41, 5.74) is 0.647. The molecule has 0 fully saturated rings. The van der Waals surface area contributed by atoms with Crippen molar-refractivity contribution in [3.05, 3.63) is 50.7 Å². The second kappa shape index (κ2) is 10.9. The lowest BCUT2D eigenvalue weighted by Crippen LogP contribution is -2.26. The minimum atomic E-state index is -0.323. The average molecular weight is 498 g/mol. The molecular formula is C21H21Cl2N3O5S. The fraction of sp³-hybridized carbons (Fsp3) is 0.286. The molecule has 1 N–H and O–H groups in total. The summed E-state index contributed by atoms with van der Waals surface area (Å²) in [7, 11) is 4.50. The van der Waals surface area contributed by atoms with Crippen LogP contribution in [-0.2, 0) is 16.1 Å². The summed E-state index contributed by atoms with van der Waals surface area (Å²) >= 11 is 13.3. The molecule has 8 nitrogen and oxygen atoms in total. The van der Waals surface area contributed by atoms with Crippen LogP contribution < -0.4 is 20.3 Å². The van der Waals surface area contributed by atoms with Crippen LogP contribution in [0.15, 0.2) is 40.3 Å². The molecule has 0 bridgehead atoms. The number of hydrogen-bond donors (Lipinski definition) is 1. The van der Waals surface area contributed by atoms with Crippen LogP contribution in [-0.4, -0.2) is 49.1 Å². The molecule has 1 heterocycles. The zero-order valence-electron chi connectivity index (χ0n) is 17.6. The Morgan fingerprint density at radius 1 is 1.12 bits per heavy atom. The number of fused-ring (bicyclic) bond motifs is 1. The van der Waals surface area contributed by atoms with Crippen LogP contribution in [0, 0.1) is 0 Å². The number of halogens is 2. The van der Waals surface area contributed by atoms with Gasteiger partial charge in [-0.25, -0.2) is 4.98 Å². The smallest absolute Gasteiger partial charge is 0.262 e. The molecular weight excluding hydrogens is 477 g/mol. The van der Waals surface area contributed by atoms with Crippen LogP contribution >= 0.6 is 35.0 Å². The van der Waals surface area contributed by atoms with Gasteiger partial charge in [0, 0.05) is 24.3 Å². The summed E-state index contributed by atoms with van der Waals surface area (Å²) in [5.74, 6) is 0.470. The Labute approximate surface area is 198 Å². The summed E-state index contributed by atoms with van der Waals surface area (Å²) in [4.78, 5) is 30.1. The Morgan fingerprint density at radius 2 is 1.88 bits per heavy atom. The number of hydrogen-bond acceptors (Lipinski definition) is 7. The Morgan fingerprint density at radius 3 is 2.56 bits per heavy atom. The molecule has 1 aromatic heterocycles. The van der Waals surface area contributed by atoms with Crippen molar-refractivity contribution in [3.63, 3.8) is 0 Å². The number of methoxy groups -OCH3 is 3. The van der Waals surface area contributed by atoms with Crippen molar-refractivity contribution in [2.24, 2.45) is 0 Å². The van der Waals surface area contributed by atoms with Crippen LogP contribution in [0.3, 0.4) is 0 Å². The highest BCUT2D eigenvalue weighted by Crippen LogP contribution is 2.36. The van der Waals surface area contributed by atoms with Gasteiger partial charge >= 0.3 is 0 Å². The van der Waals surface area contributed by atoms with E-state index in [0.717, 1.165) is 11.8 Å². The number of ether oxygens (including phenoxy) is 3. The first-order valence-corrected chi connectivity index (χ1v) is 11.1. The topological polar surface area (TPSA) is 91.7 Å². The second-order valence-corrected chi connectivity index (χ2v) is 8.32. The first-order chi connectivity index (χ1) is 15.4. The maximum Gasteiger partial charge on any atom is 0.262 e. The molecule has 0 spiro atoms. The van der Waals surface area contributed by atoms with Crippen LogP contribution in [0.25, 0.3) is 10.9 Å². The summed E-state index contributed by atoms with van der Waals surface area (Å²) in [5, 5.41) is 4.43. The van der Waals surface area contributed by atoms with Crippen LogP contribution in [0.5, 0.6) is 11.5 Å². The van der Waals surface area contributed by atoms with Gasteiger partial charge in [-0.2, -0.15) is 0 Å². The zero-order chi connectivity index (χ0) is 23.3. The van der Waals surface area contributed by atoms with Gasteiger partial charge in [-0.15, -0.1) is 0 Å². The molecule has 0 saturated heterocycles. The standard InChI is InChI=1S/C21H21Cl2N3O5S/c1-29-7-6-26-20(28)13-5-4-12(22)8-15(13)25-21(26)32-11-19(27)24-16-10-17(30-2)14(23)9-18(16)31-3/h4-5,8-10H,6-7,11H2,1-3H3,(H,24,27). The number of amides is 1. The van der Waals surface area contributed by atoms with Crippen molar-refractivity contribution in [1.82, 2.24) is 9.55 Å². The van der Waals surface area contributed by atoms with E-state index in [9.17, 15) is 9.59 Å². The zero-order valence-corrected chi connectivity index (χ0v) is 19.9. The average Bonchev–Trinajstić information content (AvgIpc) is 2.77. The largest absolute Gasteiger partial charge is 0.495 e. The van der Waals surface area contributed by atoms with Gasteiger partial charge in [-0.05, 0) is 18.2 Å². The first-order valence-electron chi connectivity index (χ1n) is 9.41. The fourth-order valence-corrected chi connectivity index (χ4v) is 4.16. The summed E-state index contributed by atoms with van der Waals surface area (Å²) in [6.45, 7) is 0.620. The van der Waals surface area contributed by atoms with Gasteiger partial charge in [-0.1, -0.05) is 35.0 Å². The Hall–Kier alpha value is -2.46. The van der Waals surface area contributed by atoms with E-state index < -0.39 is 0 Å². The molecule has 0 unspecified atom stereocenters. The van der Waals surface area contributed by atoms with Crippen molar-refractivity contribution < 1.29 is 19.0 Å². The Bertz CT molecular complexity index is 1200. The normalized spacial score (nSPS) is 10.9. The fourth-order valence-electron chi connectivity index (χ4n) is 2.94. The Kier molecular flexibility index (Phi) is 8.25. The van der Waals surface area contributed by atoms with Crippen LogP contribution in [0.2, 0.25) is 10.0 Å². The third kappa shape index (κ3) is 5.47. The third-order valence-corrected chi connectivity index (χ3v) is 5.99. The van der Waals surface area contributed by atoms with Gasteiger partial charge in [0.2, 0.25) is 5.91 Å². The molecule has 0 atom stereocenters. The number of carbonyl (C=O) groups is 1. The number of nitrogens with zero attached hydrogens (tertiary/aromatic N) is 2. The molecule has 0 aliphatic carbocycles. The number of anilines is 1. The van der Waals surface area contributed by atoms with E-state index in [1.54, 1.807) is 37.4 Å². The van der Waals surface area contributed by atoms with Gasteiger partial charge < -0.3 is 19.5 Å². The maximum absolute atomic E-state index is 13.0. The van der Waals surface area contributed by atoms with E-state index in [-0.39, 0.29) is 17.2 Å². The van der Waals surface area contributed by atoms with Gasteiger partial charge in [-0.3, -0.25) is 14.2 Å². The van der Waals surface area contributed by atoms with Crippen molar-refractivity contribution in [3.8, 4) is 11.5 Å². The van der Waals surface area contributed by atoms with Gasteiger partial charge in [0.25, 0.3) is 5.56 Å². The molecule has 3 rings (SSSR count). The predicted molar refractivity (Wildman–Crippen MR) is 127 cm³/mol. The highest BCUT2D eigenvalue weighted by molar-refractivity contribution is 7.99. The third-order valence-electron chi connectivity index (χ3n) is 4.48. The molecule has 0 radical (unpaired) electrons. The van der Waals surface area contributed by atoms with Crippen LogP contribution in [0.1, 0.15) is 0 Å². The first kappa shape index (κ1) is 24.2. The number of nitrogens with one attached hydrogen (secondary N) is 1. The van der Waals surface area contributed by atoms with E-state index in [4.69, 9.17) is 37.4 Å². The SMILES string of the molecule is COCCn1c(SCC(=O)Nc2cc(OC)c(Cl)cc2OC)nc2cc(Cl)ccc2c1=O. The van der Waals surface area contributed by atoms with Crippen molar-refractivity contribution in [1.29, 1.82) is 0 Å². The van der Waals surface area contributed by atoms with Crippen molar-refractivity contribution in [2.45, 2.75) is 11.7 Å². The van der Waals surface area contributed by atoms with Crippen LogP contribution in [0.4, 0.5) is 5.69 Å². The van der Waals surface area contributed by atoms with E-state index in [1.807, 2.05) is 0 Å². The molecule has 2 aromatic carbocycles. The molecule has 32 heavy (non-hydrogen) atoms. The lowest BCUT2D eigenvalue weighted by molar-refractivity contribution is -0.113. The van der Waals surface area contributed by atoms with E-state index in [1.165, 1.54) is 18.8 Å². The molecule has 0 aliphatic rings. The highest BCUT2D eigenvalue weighted by Gasteiger charge is 2.16. The molecule has 0 aliphatic heterocycles. The maximum atomic E-state index is 13.0. The van der Waals surface area contributed by atoms with E-state index >= 15 is 0 Å².